The average molecular weight is 256 g/mol. The second-order valence-electron chi connectivity index (χ2n) is 6.78. The maximum Gasteiger partial charge on any atom is 0.170 e. The fraction of sp³-hybridized carbons (Fsp3) is 0.867. The van der Waals surface area contributed by atoms with Crippen molar-refractivity contribution in [2.24, 2.45) is 11.3 Å². The zero-order valence-electron chi connectivity index (χ0n) is 12.7. The van der Waals surface area contributed by atoms with Crippen molar-refractivity contribution in [3.8, 4) is 0 Å². The van der Waals surface area contributed by atoms with Gasteiger partial charge in [-0.1, -0.05) is 41.0 Å². The van der Waals surface area contributed by atoms with Gasteiger partial charge in [-0.25, -0.2) is 0 Å². The van der Waals surface area contributed by atoms with Gasteiger partial charge in [0.05, 0.1) is 0 Å². The van der Waals surface area contributed by atoms with Gasteiger partial charge < -0.3 is 5.11 Å². The summed E-state index contributed by atoms with van der Waals surface area (Å²) >= 11 is 0. The Morgan fingerprint density at radius 2 is 1.67 bits per heavy atom. The van der Waals surface area contributed by atoms with Crippen LogP contribution in [0.25, 0.3) is 0 Å². The molecule has 0 saturated heterocycles. The van der Waals surface area contributed by atoms with Crippen molar-refractivity contribution in [3.63, 3.8) is 0 Å². The summed E-state index contributed by atoms with van der Waals surface area (Å²) in [5.41, 5.74) is -2.11. The van der Waals surface area contributed by atoms with E-state index in [1.165, 1.54) is 6.92 Å². The maximum absolute atomic E-state index is 12.3. The molecule has 0 aromatic carbocycles. The van der Waals surface area contributed by atoms with E-state index >= 15 is 0 Å². The molecule has 0 aliphatic carbocycles. The SMILES string of the molecule is CC(=O)CC(O)(CCCC(C)C)C(=O)C(C)(C)C. The third kappa shape index (κ3) is 5.76. The first-order valence-electron chi connectivity index (χ1n) is 6.76. The van der Waals surface area contributed by atoms with Crippen LogP contribution in [0.4, 0.5) is 0 Å². The predicted molar refractivity (Wildman–Crippen MR) is 73.4 cm³/mol. The third-order valence-corrected chi connectivity index (χ3v) is 3.02. The summed E-state index contributed by atoms with van der Waals surface area (Å²) in [5, 5.41) is 10.5. The number of hydrogen-bond acceptors (Lipinski definition) is 3. The second-order valence-corrected chi connectivity index (χ2v) is 6.78. The van der Waals surface area contributed by atoms with Gasteiger partial charge in [0, 0.05) is 11.8 Å². The lowest BCUT2D eigenvalue weighted by Gasteiger charge is -2.32. The molecule has 0 aromatic rings. The van der Waals surface area contributed by atoms with E-state index in [4.69, 9.17) is 0 Å². The Morgan fingerprint density at radius 1 is 1.17 bits per heavy atom. The van der Waals surface area contributed by atoms with E-state index in [0.717, 1.165) is 12.8 Å². The molecule has 0 aliphatic rings. The summed E-state index contributed by atoms with van der Waals surface area (Å²) in [6.07, 6.45) is 2.03. The van der Waals surface area contributed by atoms with Crippen molar-refractivity contribution in [1.82, 2.24) is 0 Å². The van der Waals surface area contributed by atoms with E-state index in [1.54, 1.807) is 20.8 Å². The summed E-state index contributed by atoms with van der Waals surface area (Å²) in [6, 6.07) is 0. The van der Waals surface area contributed by atoms with E-state index in [9.17, 15) is 14.7 Å². The van der Waals surface area contributed by atoms with Crippen molar-refractivity contribution in [1.29, 1.82) is 0 Å². The molecule has 1 unspecified atom stereocenters. The Balaban J connectivity index is 4.83. The first-order chi connectivity index (χ1) is 7.99. The van der Waals surface area contributed by atoms with Crippen LogP contribution < -0.4 is 0 Å². The first kappa shape index (κ1) is 17.3. The molecule has 18 heavy (non-hydrogen) atoms. The number of hydrogen-bond donors (Lipinski definition) is 1. The van der Waals surface area contributed by atoms with Gasteiger partial charge in [0.2, 0.25) is 0 Å². The molecule has 0 fully saturated rings. The van der Waals surface area contributed by atoms with Crippen LogP contribution in [0.15, 0.2) is 0 Å². The fourth-order valence-electron chi connectivity index (χ4n) is 2.19. The lowest BCUT2D eigenvalue weighted by Crippen LogP contribution is -2.46. The third-order valence-electron chi connectivity index (χ3n) is 3.02. The summed E-state index contributed by atoms with van der Waals surface area (Å²) in [5.74, 6) is 0.171. The molecule has 3 nitrogen and oxygen atoms in total. The van der Waals surface area contributed by atoms with Crippen molar-refractivity contribution in [2.45, 2.75) is 72.8 Å². The summed E-state index contributed by atoms with van der Waals surface area (Å²) in [7, 11) is 0. The highest BCUT2D eigenvalue weighted by atomic mass is 16.3. The van der Waals surface area contributed by atoms with Crippen LogP contribution in [0.5, 0.6) is 0 Å². The molecule has 0 aromatic heterocycles. The van der Waals surface area contributed by atoms with Crippen LogP contribution in [0, 0.1) is 11.3 Å². The van der Waals surface area contributed by atoms with Crippen LogP contribution in [0.2, 0.25) is 0 Å². The highest BCUT2D eigenvalue weighted by molar-refractivity contribution is 5.95. The minimum atomic E-state index is -1.49. The molecule has 1 N–H and O–H groups in total. The second kappa shape index (κ2) is 6.46. The van der Waals surface area contributed by atoms with Gasteiger partial charge in [-0.2, -0.15) is 0 Å². The van der Waals surface area contributed by atoms with Crippen LogP contribution >= 0.6 is 0 Å². The minimum Gasteiger partial charge on any atom is -0.382 e. The fourth-order valence-corrected chi connectivity index (χ4v) is 2.19. The minimum absolute atomic E-state index is 0.0683. The average Bonchev–Trinajstić information content (AvgIpc) is 2.13. The monoisotopic (exact) mass is 256 g/mol. The van der Waals surface area contributed by atoms with Gasteiger partial charge in [-0.3, -0.25) is 9.59 Å². The van der Waals surface area contributed by atoms with Gasteiger partial charge >= 0.3 is 0 Å². The molecule has 0 radical (unpaired) electrons. The van der Waals surface area contributed by atoms with E-state index < -0.39 is 11.0 Å². The van der Waals surface area contributed by atoms with E-state index in [0.29, 0.717) is 12.3 Å². The highest BCUT2D eigenvalue weighted by Crippen LogP contribution is 2.30. The molecule has 0 bridgehead atoms. The van der Waals surface area contributed by atoms with E-state index in [2.05, 4.69) is 13.8 Å². The first-order valence-corrected chi connectivity index (χ1v) is 6.76. The molecule has 0 saturated carbocycles. The van der Waals surface area contributed by atoms with Crippen molar-refractivity contribution in [3.05, 3.63) is 0 Å². The van der Waals surface area contributed by atoms with Crippen LogP contribution in [0.1, 0.15) is 67.2 Å². The molecule has 0 spiro atoms. The Labute approximate surface area is 111 Å². The van der Waals surface area contributed by atoms with Gasteiger partial charge in [0.1, 0.15) is 11.4 Å². The van der Waals surface area contributed by atoms with Crippen LogP contribution in [-0.2, 0) is 9.59 Å². The van der Waals surface area contributed by atoms with Gasteiger partial charge in [0.25, 0.3) is 0 Å². The maximum atomic E-state index is 12.3. The summed E-state index contributed by atoms with van der Waals surface area (Å²) < 4.78 is 0. The molecule has 1 atom stereocenters. The topological polar surface area (TPSA) is 54.4 Å². The van der Waals surface area contributed by atoms with Crippen molar-refractivity contribution < 1.29 is 14.7 Å². The summed E-state index contributed by atoms with van der Waals surface area (Å²) in [4.78, 5) is 23.6. The largest absolute Gasteiger partial charge is 0.382 e. The Hall–Kier alpha value is -0.700. The van der Waals surface area contributed by atoms with Gasteiger partial charge in [-0.15, -0.1) is 0 Å². The standard InChI is InChI=1S/C15H28O3/c1-11(2)8-7-9-15(18,10-12(3)16)13(17)14(4,5)6/h11,18H,7-10H2,1-6H3. The Kier molecular flexibility index (Phi) is 6.21. The Morgan fingerprint density at radius 3 is 2.00 bits per heavy atom. The quantitative estimate of drug-likeness (QED) is 0.761. The molecule has 0 heterocycles. The zero-order chi connectivity index (χ0) is 14.6. The number of carbonyl (C=O) groups is 2. The number of carbonyl (C=O) groups excluding carboxylic acids is 2. The van der Waals surface area contributed by atoms with E-state index in [-0.39, 0.29) is 18.0 Å². The number of ketones is 2. The zero-order valence-corrected chi connectivity index (χ0v) is 12.7. The predicted octanol–water partition coefficient (Wildman–Crippen LogP) is 3.14. The summed E-state index contributed by atoms with van der Waals surface area (Å²) in [6.45, 7) is 11.0. The number of rotatable bonds is 7. The molecular weight excluding hydrogens is 228 g/mol. The molecule has 0 rings (SSSR count). The van der Waals surface area contributed by atoms with Crippen molar-refractivity contribution in [2.75, 3.05) is 0 Å². The van der Waals surface area contributed by atoms with Gasteiger partial charge in [-0.05, 0) is 25.7 Å². The lowest BCUT2D eigenvalue weighted by molar-refractivity contribution is -0.150. The van der Waals surface area contributed by atoms with Crippen LogP contribution in [-0.4, -0.2) is 22.3 Å². The number of Topliss-reactive ketones (excluding diaryl/α,β-unsaturated/α-hetero) is 2. The molecule has 3 heteroatoms. The molecule has 0 aliphatic heterocycles. The smallest absolute Gasteiger partial charge is 0.170 e. The van der Waals surface area contributed by atoms with Crippen LogP contribution in [0.3, 0.4) is 0 Å². The Bertz CT molecular complexity index is 299. The molecular formula is C15H28O3. The van der Waals surface area contributed by atoms with E-state index in [1.807, 2.05) is 0 Å². The molecule has 0 amide bonds. The normalized spacial score (nSPS) is 15.6. The molecule has 106 valence electrons. The number of aliphatic hydroxyl groups is 1. The van der Waals surface area contributed by atoms with Crippen molar-refractivity contribution >= 4 is 11.6 Å². The highest BCUT2D eigenvalue weighted by Gasteiger charge is 2.42. The van der Waals surface area contributed by atoms with Gasteiger partial charge in [0.15, 0.2) is 5.78 Å². The lowest BCUT2D eigenvalue weighted by atomic mass is 9.75.